The van der Waals surface area contributed by atoms with Gasteiger partial charge in [0, 0.05) is 40.6 Å². The van der Waals surface area contributed by atoms with Gasteiger partial charge < -0.3 is 10.2 Å². The predicted molar refractivity (Wildman–Crippen MR) is 147 cm³/mol. The van der Waals surface area contributed by atoms with Crippen molar-refractivity contribution in [3.8, 4) is 0 Å². The van der Waals surface area contributed by atoms with E-state index in [2.05, 4.69) is 5.32 Å². The average molecular weight is 577 g/mol. The number of hydrogen-bond donors (Lipinski definition) is 1. The summed E-state index contributed by atoms with van der Waals surface area (Å²) in [6.07, 6.45) is 2.14. The van der Waals surface area contributed by atoms with E-state index in [9.17, 15) is 18.0 Å². The zero-order valence-corrected chi connectivity index (χ0v) is 23.9. The van der Waals surface area contributed by atoms with E-state index >= 15 is 0 Å². The van der Waals surface area contributed by atoms with E-state index < -0.39 is 16.1 Å². The SMILES string of the molecule is CC[C@@H](C)NC(=O)[C@@H](C)N(Cc1ccc(Cl)cc1Cl)C(=O)CCCN(c1ccc(Cl)cc1)S(C)(=O)=O. The Morgan fingerprint density at radius 1 is 1.00 bits per heavy atom. The van der Waals surface area contributed by atoms with E-state index in [-0.39, 0.29) is 43.8 Å². The Labute approximate surface area is 228 Å². The first-order chi connectivity index (χ1) is 16.8. The molecular weight excluding hydrogens is 545 g/mol. The maximum atomic E-state index is 13.3. The summed E-state index contributed by atoms with van der Waals surface area (Å²) < 4.78 is 26.0. The number of nitrogens with zero attached hydrogens (tertiary/aromatic N) is 2. The van der Waals surface area contributed by atoms with Crippen LogP contribution >= 0.6 is 34.8 Å². The second kappa shape index (κ2) is 13.5. The fourth-order valence-electron chi connectivity index (χ4n) is 3.49. The largest absolute Gasteiger partial charge is 0.352 e. The third-order valence-corrected chi connectivity index (χ3v) is 7.82. The van der Waals surface area contributed by atoms with Crippen LogP contribution < -0.4 is 9.62 Å². The van der Waals surface area contributed by atoms with E-state index in [0.29, 0.717) is 26.3 Å². The molecule has 2 rings (SSSR count). The fourth-order valence-corrected chi connectivity index (χ4v) is 5.05. The summed E-state index contributed by atoms with van der Waals surface area (Å²) in [5.74, 6) is -0.570. The summed E-state index contributed by atoms with van der Waals surface area (Å²) in [6, 6.07) is 10.6. The number of amides is 2. The second-order valence-corrected chi connectivity index (χ2v) is 11.9. The van der Waals surface area contributed by atoms with Gasteiger partial charge in [-0.15, -0.1) is 0 Å². The molecule has 7 nitrogen and oxygen atoms in total. The van der Waals surface area contributed by atoms with E-state index in [0.717, 1.165) is 12.7 Å². The molecule has 0 spiro atoms. The molecular formula is C25H32Cl3N3O4S. The van der Waals surface area contributed by atoms with Crippen molar-refractivity contribution in [1.82, 2.24) is 10.2 Å². The lowest BCUT2D eigenvalue weighted by atomic mass is 10.1. The van der Waals surface area contributed by atoms with Crippen molar-refractivity contribution in [1.29, 1.82) is 0 Å². The molecule has 0 radical (unpaired) electrons. The van der Waals surface area contributed by atoms with Crippen LogP contribution in [0.2, 0.25) is 15.1 Å². The van der Waals surface area contributed by atoms with E-state index in [1.807, 2.05) is 13.8 Å². The van der Waals surface area contributed by atoms with Gasteiger partial charge in [-0.1, -0.05) is 47.8 Å². The maximum absolute atomic E-state index is 13.3. The lowest BCUT2D eigenvalue weighted by Crippen LogP contribution is -2.49. The molecule has 2 amide bonds. The Bertz CT molecular complexity index is 1160. The van der Waals surface area contributed by atoms with E-state index in [1.54, 1.807) is 49.4 Å². The van der Waals surface area contributed by atoms with Gasteiger partial charge in [-0.2, -0.15) is 0 Å². The Morgan fingerprint density at radius 3 is 2.17 bits per heavy atom. The monoisotopic (exact) mass is 575 g/mol. The van der Waals surface area contributed by atoms with Gasteiger partial charge in [0.1, 0.15) is 6.04 Å². The lowest BCUT2D eigenvalue weighted by molar-refractivity contribution is -0.140. The van der Waals surface area contributed by atoms with Gasteiger partial charge in [-0.05, 0) is 68.7 Å². The number of anilines is 1. The van der Waals surface area contributed by atoms with Gasteiger partial charge in [-0.25, -0.2) is 8.42 Å². The zero-order chi connectivity index (χ0) is 27.0. The van der Waals surface area contributed by atoms with Crippen LogP contribution in [0.25, 0.3) is 0 Å². The molecule has 1 N–H and O–H groups in total. The van der Waals surface area contributed by atoms with E-state index in [4.69, 9.17) is 34.8 Å². The fraction of sp³-hybridized carbons (Fsp3) is 0.440. The molecule has 2 aromatic rings. The molecule has 2 aromatic carbocycles. The number of benzene rings is 2. The van der Waals surface area contributed by atoms with Crippen LogP contribution in [0.1, 0.15) is 45.6 Å². The average Bonchev–Trinajstić information content (AvgIpc) is 2.80. The van der Waals surface area contributed by atoms with Crippen LogP contribution in [-0.2, 0) is 26.2 Å². The quantitative estimate of drug-likeness (QED) is 0.360. The number of sulfonamides is 1. The molecule has 0 saturated carbocycles. The first-order valence-electron chi connectivity index (χ1n) is 11.6. The summed E-state index contributed by atoms with van der Waals surface area (Å²) in [5.41, 5.74) is 1.11. The van der Waals surface area contributed by atoms with Crippen LogP contribution in [0.15, 0.2) is 42.5 Å². The molecule has 0 aliphatic rings. The van der Waals surface area contributed by atoms with E-state index in [1.165, 1.54) is 9.21 Å². The Hall–Kier alpha value is -2.00. The van der Waals surface area contributed by atoms with Gasteiger partial charge in [0.2, 0.25) is 21.8 Å². The van der Waals surface area contributed by atoms with Crippen LogP contribution in [0.5, 0.6) is 0 Å². The Balaban J connectivity index is 2.20. The van der Waals surface area contributed by atoms with Gasteiger partial charge in [-0.3, -0.25) is 13.9 Å². The van der Waals surface area contributed by atoms with Crippen molar-refractivity contribution in [3.63, 3.8) is 0 Å². The number of hydrogen-bond acceptors (Lipinski definition) is 4. The first-order valence-corrected chi connectivity index (χ1v) is 14.6. The summed E-state index contributed by atoms with van der Waals surface area (Å²) in [7, 11) is -3.58. The molecule has 0 fully saturated rings. The first kappa shape index (κ1) is 30.2. The number of rotatable bonds is 12. The van der Waals surface area contributed by atoms with Gasteiger partial charge in [0.05, 0.1) is 11.9 Å². The molecule has 0 bridgehead atoms. The van der Waals surface area contributed by atoms with Crippen molar-refractivity contribution in [2.45, 2.75) is 58.7 Å². The summed E-state index contributed by atoms with van der Waals surface area (Å²) in [5, 5.41) is 4.25. The van der Waals surface area contributed by atoms with Crippen molar-refractivity contribution >= 4 is 62.3 Å². The lowest BCUT2D eigenvalue weighted by Gasteiger charge is -2.30. The summed E-state index contributed by atoms with van der Waals surface area (Å²) >= 11 is 18.3. The Kier molecular flexibility index (Phi) is 11.3. The van der Waals surface area contributed by atoms with Crippen LogP contribution in [0.4, 0.5) is 5.69 Å². The Morgan fingerprint density at radius 2 is 1.61 bits per heavy atom. The highest BCUT2D eigenvalue weighted by molar-refractivity contribution is 7.92. The van der Waals surface area contributed by atoms with Crippen molar-refractivity contribution in [2.75, 3.05) is 17.1 Å². The standard InChI is InChI=1S/C25H32Cl3N3O4S/c1-5-17(2)29-25(33)18(3)30(16-19-8-9-21(27)15-23(19)28)24(32)7-6-14-31(36(4,34)35)22-12-10-20(26)11-13-22/h8-13,15,17-18H,5-7,14,16H2,1-4H3,(H,29,33)/t17-,18-/m1/s1. The minimum atomic E-state index is -3.58. The topological polar surface area (TPSA) is 86.8 Å². The molecule has 36 heavy (non-hydrogen) atoms. The molecule has 2 atom stereocenters. The number of halogens is 3. The number of nitrogens with one attached hydrogen (secondary N) is 1. The maximum Gasteiger partial charge on any atom is 0.242 e. The normalized spacial score (nSPS) is 13.1. The van der Waals surface area contributed by atoms with Crippen molar-refractivity contribution in [2.24, 2.45) is 0 Å². The molecule has 0 aromatic heterocycles. The summed E-state index contributed by atoms with van der Waals surface area (Å²) in [4.78, 5) is 27.6. The second-order valence-electron chi connectivity index (χ2n) is 8.67. The van der Waals surface area contributed by atoms with Crippen LogP contribution in [-0.4, -0.2) is 50.0 Å². The highest BCUT2D eigenvalue weighted by Crippen LogP contribution is 2.24. The number of carbonyl (C=O) groups excluding carboxylic acids is 2. The smallest absolute Gasteiger partial charge is 0.242 e. The van der Waals surface area contributed by atoms with Gasteiger partial charge >= 0.3 is 0 Å². The molecule has 198 valence electrons. The molecule has 0 heterocycles. The van der Waals surface area contributed by atoms with Crippen molar-refractivity contribution < 1.29 is 18.0 Å². The molecule has 0 saturated heterocycles. The minimum Gasteiger partial charge on any atom is -0.352 e. The number of carbonyl (C=O) groups is 2. The predicted octanol–water partition coefficient (Wildman–Crippen LogP) is 5.53. The zero-order valence-electron chi connectivity index (χ0n) is 20.8. The van der Waals surface area contributed by atoms with Crippen molar-refractivity contribution in [3.05, 3.63) is 63.1 Å². The molecule has 0 unspecified atom stereocenters. The van der Waals surface area contributed by atoms with Gasteiger partial charge in [0.15, 0.2) is 0 Å². The molecule has 0 aliphatic heterocycles. The summed E-state index contributed by atoms with van der Waals surface area (Å²) in [6.45, 7) is 5.71. The minimum absolute atomic E-state index is 0.0335. The highest BCUT2D eigenvalue weighted by Gasteiger charge is 2.27. The molecule has 11 heteroatoms. The molecule has 0 aliphatic carbocycles. The van der Waals surface area contributed by atoms with Crippen LogP contribution in [0.3, 0.4) is 0 Å². The van der Waals surface area contributed by atoms with Gasteiger partial charge in [0.25, 0.3) is 0 Å². The third-order valence-electron chi connectivity index (χ3n) is 5.79. The van der Waals surface area contributed by atoms with Crippen LogP contribution in [0, 0.1) is 0 Å². The highest BCUT2D eigenvalue weighted by atomic mass is 35.5. The third kappa shape index (κ3) is 8.83.